The van der Waals surface area contributed by atoms with Gasteiger partial charge < -0.3 is 14.7 Å². The Morgan fingerprint density at radius 2 is 1.64 bits per heavy atom. The number of hydrogen-bond acceptors (Lipinski definition) is 3. The number of carbonyl (C=O) groups excluding carboxylic acids is 3. The summed E-state index contributed by atoms with van der Waals surface area (Å²) in [5, 5.41) is 0. The van der Waals surface area contributed by atoms with Crippen LogP contribution >= 0.6 is 0 Å². The minimum Gasteiger partial charge on any atom is -0.337 e. The Labute approximate surface area is 167 Å². The van der Waals surface area contributed by atoms with Gasteiger partial charge in [0.15, 0.2) is 0 Å². The van der Waals surface area contributed by atoms with E-state index in [4.69, 9.17) is 0 Å². The van der Waals surface area contributed by atoms with Gasteiger partial charge in [0.2, 0.25) is 17.7 Å². The molecular weight excluding hydrogens is 354 g/mol. The van der Waals surface area contributed by atoms with E-state index >= 15 is 0 Å². The van der Waals surface area contributed by atoms with Gasteiger partial charge in [-0.25, -0.2) is 0 Å². The van der Waals surface area contributed by atoms with Crippen LogP contribution in [0.15, 0.2) is 24.3 Å². The van der Waals surface area contributed by atoms with Crippen molar-refractivity contribution in [1.82, 2.24) is 9.80 Å². The third kappa shape index (κ3) is 5.12. The lowest BCUT2D eigenvalue weighted by atomic mass is 10.1. The summed E-state index contributed by atoms with van der Waals surface area (Å²) in [7, 11) is 0. The molecule has 3 amide bonds. The van der Waals surface area contributed by atoms with Crippen molar-refractivity contribution in [3.63, 3.8) is 0 Å². The Hall–Kier alpha value is -2.37. The Morgan fingerprint density at radius 3 is 2.36 bits per heavy atom. The number of para-hydroxylation sites is 1. The minimum absolute atomic E-state index is 0.00325. The summed E-state index contributed by atoms with van der Waals surface area (Å²) < 4.78 is 0. The van der Waals surface area contributed by atoms with E-state index in [-0.39, 0.29) is 24.3 Å². The van der Waals surface area contributed by atoms with E-state index in [9.17, 15) is 14.4 Å². The van der Waals surface area contributed by atoms with Gasteiger partial charge in [-0.05, 0) is 30.9 Å². The van der Waals surface area contributed by atoms with Crippen molar-refractivity contribution in [1.29, 1.82) is 0 Å². The van der Waals surface area contributed by atoms with Crippen LogP contribution < -0.4 is 4.90 Å². The molecule has 0 aromatic heterocycles. The van der Waals surface area contributed by atoms with Gasteiger partial charge in [0.25, 0.3) is 0 Å². The van der Waals surface area contributed by atoms with Crippen LogP contribution in [0, 0.1) is 0 Å². The molecular formula is C22H31N3O3. The first-order chi connectivity index (χ1) is 13.6. The molecule has 6 nitrogen and oxygen atoms in total. The molecule has 1 aromatic rings. The van der Waals surface area contributed by atoms with Crippen molar-refractivity contribution >= 4 is 23.4 Å². The van der Waals surface area contributed by atoms with Crippen molar-refractivity contribution in [3.8, 4) is 0 Å². The summed E-state index contributed by atoms with van der Waals surface area (Å²) in [6.45, 7) is 4.31. The zero-order chi connectivity index (χ0) is 19.9. The molecule has 28 heavy (non-hydrogen) atoms. The minimum atomic E-state index is -0.00325. The maximum Gasteiger partial charge on any atom is 0.242 e. The molecule has 152 valence electrons. The summed E-state index contributed by atoms with van der Waals surface area (Å²) in [6.07, 6.45) is 6.62. The van der Waals surface area contributed by atoms with Crippen LogP contribution in [-0.2, 0) is 20.9 Å². The molecule has 1 saturated heterocycles. The summed E-state index contributed by atoms with van der Waals surface area (Å²) in [4.78, 5) is 42.6. The molecule has 2 aliphatic rings. The Morgan fingerprint density at radius 1 is 0.929 bits per heavy atom. The quantitative estimate of drug-likeness (QED) is 0.786. The Bertz CT molecular complexity index is 719. The van der Waals surface area contributed by atoms with Gasteiger partial charge in [-0.2, -0.15) is 0 Å². The fourth-order valence-electron chi connectivity index (χ4n) is 4.09. The summed E-state index contributed by atoms with van der Waals surface area (Å²) in [5.74, 6) is 0.104. The molecule has 0 bridgehead atoms. The lowest BCUT2D eigenvalue weighted by molar-refractivity contribution is -0.138. The molecule has 0 atom stereocenters. The van der Waals surface area contributed by atoms with Crippen LogP contribution in [0.2, 0.25) is 0 Å². The largest absolute Gasteiger partial charge is 0.337 e. The smallest absolute Gasteiger partial charge is 0.242 e. The zero-order valence-electron chi connectivity index (χ0n) is 16.9. The molecule has 0 saturated carbocycles. The van der Waals surface area contributed by atoms with E-state index in [2.05, 4.69) is 0 Å². The summed E-state index contributed by atoms with van der Waals surface area (Å²) in [5.41, 5.74) is 1.88. The molecule has 6 heteroatoms. The first-order valence-corrected chi connectivity index (χ1v) is 10.5. The number of carbonyl (C=O) groups is 3. The third-order valence-corrected chi connectivity index (χ3v) is 5.68. The first-order valence-electron chi connectivity index (χ1n) is 10.5. The number of amides is 3. The molecule has 2 aliphatic heterocycles. The molecule has 0 aliphatic carbocycles. The van der Waals surface area contributed by atoms with Crippen LogP contribution in [-0.4, -0.2) is 53.7 Å². The second kappa shape index (κ2) is 9.71. The number of fused-ring (bicyclic) bond motifs is 1. The highest BCUT2D eigenvalue weighted by molar-refractivity contribution is 5.92. The standard InChI is InChI=1S/C22H31N3O3/c1-18(26)25-15-8-4-2-3-7-13-23(16-19-10-5-6-11-20(19)25)22(28)17-24-14-9-12-21(24)27/h5-6,10-11H,2-4,7-9,12-17H2,1H3. The molecule has 1 fully saturated rings. The van der Waals surface area contributed by atoms with Gasteiger partial charge >= 0.3 is 0 Å². The third-order valence-electron chi connectivity index (χ3n) is 5.68. The number of likely N-dealkylation sites (tertiary alicyclic amines) is 1. The number of anilines is 1. The SMILES string of the molecule is CC(=O)N1CCCCCCCN(C(=O)CN2CCCC2=O)Cc2ccccc21. The number of hydrogen-bond donors (Lipinski definition) is 0. The second-order valence-electron chi connectivity index (χ2n) is 7.80. The Balaban J connectivity index is 1.82. The van der Waals surface area contributed by atoms with Gasteiger partial charge in [-0.15, -0.1) is 0 Å². The monoisotopic (exact) mass is 385 g/mol. The molecule has 0 radical (unpaired) electrons. The Kier molecular flexibility index (Phi) is 7.06. The van der Waals surface area contributed by atoms with Gasteiger partial charge in [0.05, 0.1) is 6.54 Å². The van der Waals surface area contributed by atoms with E-state index in [1.807, 2.05) is 34.1 Å². The van der Waals surface area contributed by atoms with Gasteiger partial charge in [0.1, 0.15) is 0 Å². The van der Waals surface area contributed by atoms with E-state index in [1.165, 1.54) is 0 Å². The molecule has 0 N–H and O–H groups in total. The number of nitrogens with zero attached hydrogens (tertiary/aromatic N) is 3. The predicted molar refractivity (Wildman–Crippen MR) is 109 cm³/mol. The van der Waals surface area contributed by atoms with E-state index in [0.29, 0.717) is 32.6 Å². The van der Waals surface area contributed by atoms with Crippen molar-refractivity contribution in [2.24, 2.45) is 0 Å². The molecule has 2 heterocycles. The van der Waals surface area contributed by atoms with Crippen molar-refractivity contribution in [2.45, 2.75) is 58.4 Å². The maximum absolute atomic E-state index is 13.0. The second-order valence-corrected chi connectivity index (χ2v) is 7.80. The van der Waals surface area contributed by atoms with Crippen molar-refractivity contribution in [2.75, 3.05) is 31.1 Å². The zero-order valence-corrected chi connectivity index (χ0v) is 16.9. The van der Waals surface area contributed by atoms with Gasteiger partial charge in [-0.3, -0.25) is 14.4 Å². The van der Waals surface area contributed by atoms with E-state index in [0.717, 1.165) is 49.8 Å². The summed E-state index contributed by atoms with van der Waals surface area (Å²) in [6, 6.07) is 7.86. The van der Waals surface area contributed by atoms with Crippen LogP contribution in [0.3, 0.4) is 0 Å². The molecule has 1 aromatic carbocycles. The molecule has 0 spiro atoms. The van der Waals surface area contributed by atoms with Crippen molar-refractivity contribution < 1.29 is 14.4 Å². The fourth-order valence-corrected chi connectivity index (χ4v) is 4.09. The lowest BCUT2D eigenvalue weighted by Gasteiger charge is -2.29. The average Bonchev–Trinajstić information content (AvgIpc) is 3.06. The highest BCUT2D eigenvalue weighted by Crippen LogP contribution is 2.24. The van der Waals surface area contributed by atoms with Crippen LogP contribution in [0.25, 0.3) is 0 Å². The van der Waals surface area contributed by atoms with Crippen molar-refractivity contribution in [3.05, 3.63) is 29.8 Å². The maximum atomic E-state index is 13.0. The first kappa shape index (κ1) is 20.4. The summed E-state index contributed by atoms with van der Waals surface area (Å²) >= 11 is 0. The predicted octanol–water partition coefficient (Wildman–Crippen LogP) is 2.95. The van der Waals surface area contributed by atoms with Crippen LogP contribution in [0.1, 0.15) is 57.4 Å². The topological polar surface area (TPSA) is 60.9 Å². The highest BCUT2D eigenvalue weighted by atomic mass is 16.2. The lowest BCUT2D eigenvalue weighted by Crippen LogP contribution is -2.41. The molecule has 3 rings (SSSR count). The van der Waals surface area contributed by atoms with E-state index < -0.39 is 0 Å². The average molecular weight is 386 g/mol. The molecule has 0 unspecified atom stereocenters. The number of rotatable bonds is 2. The fraction of sp³-hybridized carbons (Fsp3) is 0.591. The van der Waals surface area contributed by atoms with Gasteiger partial charge in [-0.1, -0.05) is 37.5 Å². The van der Waals surface area contributed by atoms with E-state index in [1.54, 1.807) is 11.8 Å². The van der Waals surface area contributed by atoms with Crippen LogP contribution in [0.4, 0.5) is 5.69 Å². The normalized spacial score (nSPS) is 19.0. The number of benzene rings is 1. The highest BCUT2D eigenvalue weighted by Gasteiger charge is 2.26. The van der Waals surface area contributed by atoms with Gasteiger partial charge in [0, 0.05) is 45.2 Å². The van der Waals surface area contributed by atoms with Crippen LogP contribution in [0.5, 0.6) is 0 Å².